The molecule has 0 saturated carbocycles. The third-order valence-corrected chi connectivity index (χ3v) is 27.6. The van der Waals surface area contributed by atoms with Gasteiger partial charge in [0.1, 0.15) is 58.7 Å². The number of likely N-dealkylation sites (tertiary alicyclic amines) is 4. The summed E-state index contributed by atoms with van der Waals surface area (Å²) in [6.07, 6.45) is 23.9. The van der Waals surface area contributed by atoms with Crippen molar-refractivity contribution in [2.24, 2.45) is 0 Å². The van der Waals surface area contributed by atoms with Crippen LogP contribution in [0.4, 0.5) is 39.7 Å². The summed E-state index contributed by atoms with van der Waals surface area (Å²) in [5.74, 6) is 0.543. The van der Waals surface area contributed by atoms with Gasteiger partial charge in [-0.25, -0.2) is 79.0 Å². The molecule has 8 aromatic heterocycles. The second-order valence-corrected chi connectivity index (χ2v) is 36.0. The Hall–Kier alpha value is -13.1. The van der Waals surface area contributed by atoms with Crippen molar-refractivity contribution in [1.29, 1.82) is 21.0 Å². The molecule has 16 heterocycles. The van der Waals surface area contributed by atoms with E-state index in [9.17, 15) is 47.9 Å². The van der Waals surface area contributed by atoms with E-state index >= 15 is 0 Å². The lowest BCUT2D eigenvalue weighted by molar-refractivity contribution is -0.134. The van der Waals surface area contributed by atoms with E-state index < -0.39 is 23.1 Å². The maximum absolute atomic E-state index is 13.1. The first-order chi connectivity index (χ1) is 60.4. The van der Waals surface area contributed by atoms with Crippen LogP contribution in [0.2, 0.25) is 0 Å². The van der Waals surface area contributed by atoms with Gasteiger partial charge in [0.2, 0.25) is 23.6 Å². The first kappa shape index (κ1) is 90.7. The standard InChI is InChI=1S/2C20H22N8O3S.2C20H24N8O2S/c2*1-12(15-10-24-18(32-15)25-13(2)29)27-5-3-20(4-6-27)17(30)28(19(31)26-20)11-16-22-8-14(7-21)9-23-16;2*1-13(16-10-24-18(31-16)25-14(2)29)27-5-3-20(4-6-27)12-28(19(30)26-20)11-17-22-8-15(7-21)9-23-17/h2*8-10,12H,3-6,11H2,1-2H3,(H,26,31)(H,24,25,29);2*8-10,13H,3-6,11-12H2,1-2H3,(H,26,30)(H,24,25,29)/t2*12-;2*13-/m1010/s1. The zero-order valence-corrected chi connectivity index (χ0v) is 73.5. The minimum atomic E-state index is -0.922. The van der Waals surface area contributed by atoms with Crippen LogP contribution in [0.1, 0.15) is 196 Å². The van der Waals surface area contributed by atoms with Crippen LogP contribution in [0.15, 0.2) is 74.4 Å². The molecule has 656 valence electrons. The summed E-state index contributed by atoms with van der Waals surface area (Å²) in [5, 5.41) is 60.8. The highest BCUT2D eigenvalue weighted by atomic mass is 32.1. The third-order valence-electron chi connectivity index (χ3n) is 23.3. The Morgan fingerprint density at radius 3 is 0.810 bits per heavy atom. The monoisotopic (exact) mass is 1790 g/mol. The molecule has 8 fully saturated rings. The number of nitriles is 4. The summed E-state index contributed by atoms with van der Waals surface area (Å²) in [5.41, 5.74) is -0.896. The molecule has 0 aliphatic carbocycles. The van der Waals surface area contributed by atoms with Gasteiger partial charge in [0.15, 0.2) is 20.5 Å². The van der Waals surface area contributed by atoms with E-state index in [-0.39, 0.29) is 95.8 Å². The number of nitrogens with one attached hydrogen (secondary N) is 8. The predicted molar refractivity (Wildman–Crippen MR) is 457 cm³/mol. The second kappa shape index (κ2) is 39.4. The molecule has 126 heavy (non-hydrogen) atoms. The zero-order valence-electron chi connectivity index (χ0n) is 70.2. The number of piperidine rings is 4. The topological polar surface area (TPSA) is 543 Å². The minimum absolute atomic E-state index is 0.0367. The van der Waals surface area contributed by atoms with Crippen molar-refractivity contribution >= 4 is 125 Å². The molecular formula is C80H92N32O10S4. The fourth-order valence-corrected chi connectivity index (χ4v) is 19.8. The number of hydrogen-bond donors (Lipinski definition) is 8. The quantitative estimate of drug-likeness (QED) is 0.0373. The number of carbonyl (C=O) groups excluding carboxylic acids is 10. The van der Waals surface area contributed by atoms with E-state index in [1.54, 1.807) is 22.2 Å². The zero-order chi connectivity index (χ0) is 89.8. The number of aromatic nitrogens is 12. The van der Waals surface area contributed by atoms with Crippen molar-refractivity contribution in [1.82, 2.24) is 120 Å². The fraction of sp³-hybridized carbons (Fsp3) is 0.475. The van der Waals surface area contributed by atoms with Crippen molar-refractivity contribution in [3.8, 4) is 24.3 Å². The number of amides is 14. The van der Waals surface area contributed by atoms with Crippen LogP contribution < -0.4 is 42.5 Å². The lowest BCUT2D eigenvalue weighted by atomic mass is 9.87. The highest BCUT2D eigenvalue weighted by Gasteiger charge is 2.55. The summed E-state index contributed by atoms with van der Waals surface area (Å²) in [6.45, 7) is 22.0. The molecule has 0 aromatic carbocycles. The van der Waals surface area contributed by atoms with E-state index in [0.29, 0.717) is 144 Å². The van der Waals surface area contributed by atoms with Crippen molar-refractivity contribution in [3.05, 3.63) is 139 Å². The van der Waals surface area contributed by atoms with Crippen LogP contribution in [0.5, 0.6) is 0 Å². The number of nitrogens with zero attached hydrogens (tertiary/aromatic N) is 24. The van der Waals surface area contributed by atoms with Gasteiger partial charge in [-0.15, -0.1) is 45.3 Å². The molecule has 8 aromatic rings. The molecule has 0 unspecified atom stereocenters. The largest absolute Gasteiger partial charge is 0.331 e. The summed E-state index contributed by atoms with van der Waals surface area (Å²) < 4.78 is 0. The smallest absolute Gasteiger partial charge is 0.325 e. The molecule has 8 aliphatic heterocycles. The van der Waals surface area contributed by atoms with Gasteiger partial charge in [0.25, 0.3) is 11.8 Å². The average Bonchev–Trinajstić information content (AvgIpc) is 1.61. The normalized spacial score (nSPS) is 19.0. The Labute approximate surface area is 740 Å². The Morgan fingerprint density at radius 2 is 0.579 bits per heavy atom. The molecule has 8 aliphatic rings. The van der Waals surface area contributed by atoms with E-state index in [1.807, 2.05) is 36.7 Å². The van der Waals surface area contributed by atoms with Gasteiger partial charge in [-0.2, -0.15) is 21.0 Å². The number of hydrogen-bond acceptors (Lipinski definition) is 34. The van der Waals surface area contributed by atoms with Gasteiger partial charge in [-0.05, 0) is 79.1 Å². The van der Waals surface area contributed by atoms with E-state index in [1.165, 1.54) is 123 Å². The van der Waals surface area contributed by atoms with Crippen LogP contribution in [0, 0.1) is 45.3 Å². The fourth-order valence-electron chi connectivity index (χ4n) is 16.0. The predicted octanol–water partition coefficient (Wildman–Crippen LogP) is 6.59. The molecule has 8 N–H and O–H groups in total. The maximum Gasteiger partial charge on any atom is 0.325 e. The van der Waals surface area contributed by atoms with E-state index in [2.05, 4.69) is 150 Å². The molecule has 0 bridgehead atoms. The Bertz CT molecular complexity index is 5200. The molecule has 16 rings (SSSR count). The van der Waals surface area contributed by atoms with Crippen LogP contribution in [0.3, 0.4) is 0 Å². The molecular weight excluding hydrogens is 1700 g/mol. The van der Waals surface area contributed by atoms with Gasteiger partial charge in [-0.1, -0.05) is 0 Å². The van der Waals surface area contributed by atoms with Crippen molar-refractivity contribution in [2.75, 3.05) is 86.7 Å². The minimum Gasteiger partial charge on any atom is -0.331 e. The van der Waals surface area contributed by atoms with Gasteiger partial charge in [-0.3, -0.25) is 58.2 Å². The number of urea groups is 4. The van der Waals surface area contributed by atoms with Gasteiger partial charge in [0.05, 0.1) is 59.5 Å². The molecule has 46 heteroatoms. The lowest BCUT2D eigenvalue weighted by Crippen LogP contribution is -2.55. The lowest BCUT2D eigenvalue weighted by Gasteiger charge is -2.41. The Morgan fingerprint density at radius 1 is 0.349 bits per heavy atom. The molecule has 4 atom stereocenters. The number of thiazole rings is 4. The van der Waals surface area contributed by atoms with E-state index in [4.69, 9.17) is 21.0 Å². The molecule has 42 nitrogen and oxygen atoms in total. The van der Waals surface area contributed by atoms with E-state index in [0.717, 1.165) is 81.2 Å². The summed E-state index contributed by atoms with van der Waals surface area (Å²) >= 11 is 5.85. The average molecular weight is 1790 g/mol. The number of imide groups is 2. The van der Waals surface area contributed by atoms with Crippen molar-refractivity contribution in [3.63, 3.8) is 0 Å². The summed E-state index contributed by atoms with van der Waals surface area (Å²) in [4.78, 5) is 191. The number of rotatable bonds is 20. The highest BCUT2D eigenvalue weighted by Crippen LogP contribution is 2.41. The molecule has 4 spiro atoms. The molecule has 0 radical (unpaired) electrons. The van der Waals surface area contributed by atoms with Gasteiger partial charge < -0.3 is 52.3 Å². The molecule has 14 amide bonds. The Kier molecular flexibility index (Phi) is 28.4. The molecule has 8 saturated heterocycles. The second-order valence-electron chi connectivity index (χ2n) is 31.8. The van der Waals surface area contributed by atoms with Crippen molar-refractivity contribution < 1.29 is 47.9 Å². The highest BCUT2D eigenvalue weighted by molar-refractivity contribution is 7.16. The number of anilines is 4. The first-order valence-electron chi connectivity index (χ1n) is 40.5. The van der Waals surface area contributed by atoms with Crippen LogP contribution in [-0.4, -0.2) is 246 Å². The third kappa shape index (κ3) is 21.6. The van der Waals surface area contributed by atoms with Gasteiger partial charge in [0, 0.05) is 211 Å². The Balaban J connectivity index is 0.000000144. The van der Waals surface area contributed by atoms with Crippen LogP contribution in [-0.2, 0) is 54.9 Å². The summed E-state index contributed by atoms with van der Waals surface area (Å²) in [7, 11) is 0. The summed E-state index contributed by atoms with van der Waals surface area (Å²) in [6, 6.07) is 7.28. The van der Waals surface area contributed by atoms with Crippen LogP contribution >= 0.6 is 45.3 Å². The van der Waals surface area contributed by atoms with Crippen molar-refractivity contribution in [2.45, 2.75) is 179 Å². The van der Waals surface area contributed by atoms with Gasteiger partial charge >= 0.3 is 24.1 Å². The number of carbonyl (C=O) groups is 10. The SMILES string of the molecule is CC(=O)Nc1ncc([C@@H](C)N2CCC3(CC2)CN(Cc2ncc(C#N)cn2)C(=O)N3)s1.CC(=O)Nc1ncc([C@@H](C)N2CCC3(CC2)NC(=O)N(Cc2ncc(C#N)cn2)C3=O)s1.CC(=O)Nc1ncc([C@H](C)N2CCC3(CC2)CN(Cc2ncc(C#N)cn2)C(=O)N3)s1.CC(=O)Nc1ncc([C@H](C)N2CCC3(CC2)NC(=O)N(Cc2ncc(C#N)cn2)C3=O)s1. The maximum atomic E-state index is 13.1. The first-order valence-corrected chi connectivity index (χ1v) is 43.8. The van der Waals surface area contributed by atoms with Crippen LogP contribution in [0.25, 0.3) is 0 Å².